The van der Waals surface area contributed by atoms with Crippen LogP contribution in [0.2, 0.25) is 0 Å². The lowest BCUT2D eigenvalue weighted by molar-refractivity contribution is -0.116. The lowest BCUT2D eigenvalue weighted by Gasteiger charge is -2.12. The van der Waals surface area contributed by atoms with Crippen LogP contribution < -0.4 is 10.6 Å². The standard InChI is InChI=1S/C13H17F3N2OS/c1-3-17-9(2)8-12(19)18-10-4-6-11(7-5-10)20-13(14,15)16/h4-7,9,17H,3,8H2,1-2H3,(H,18,19). The first-order valence-electron chi connectivity index (χ1n) is 6.19. The van der Waals surface area contributed by atoms with Crippen LogP contribution in [-0.4, -0.2) is 24.0 Å². The van der Waals surface area contributed by atoms with Gasteiger partial charge < -0.3 is 10.6 Å². The molecule has 1 amide bonds. The molecule has 3 nitrogen and oxygen atoms in total. The summed E-state index contributed by atoms with van der Waals surface area (Å²) in [4.78, 5) is 11.8. The maximum Gasteiger partial charge on any atom is 0.446 e. The summed E-state index contributed by atoms with van der Waals surface area (Å²) >= 11 is -0.177. The highest BCUT2D eigenvalue weighted by atomic mass is 32.2. The number of hydrogen-bond donors (Lipinski definition) is 2. The lowest BCUT2D eigenvalue weighted by Crippen LogP contribution is -2.30. The van der Waals surface area contributed by atoms with Crippen molar-refractivity contribution < 1.29 is 18.0 Å². The van der Waals surface area contributed by atoms with Crippen molar-refractivity contribution in [2.75, 3.05) is 11.9 Å². The number of carbonyl (C=O) groups excluding carboxylic acids is 1. The van der Waals surface area contributed by atoms with E-state index in [4.69, 9.17) is 0 Å². The largest absolute Gasteiger partial charge is 0.446 e. The van der Waals surface area contributed by atoms with Gasteiger partial charge in [0.15, 0.2) is 0 Å². The molecule has 0 aliphatic carbocycles. The highest BCUT2D eigenvalue weighted by Crippen LogP contribution is 2.36. The fourth-order valence-electron chi connectivity index (χ4n) is 1.65. The average molecular weight is 306 g/mol. The van der Waals surface area contributed by atoms with Gasteiger partial charge in [0, 0.05) is 23.0 Å². The van der Waals surface area contributed by atoms with E-state index in [0.29, 0.717) is 12.1 Å². The normalized spacial score (nSPS) is 13.1. The molecule has 112 valence electrons. The van der Waals surface area contributed by atoms with Crippen molar-refractivity contribution in [3.8, 4) is 0 Å². The Balaban J connectivity index is 2.51. The van der Waals surface area contributed by atoms with Crippen molar-refractivity contribution in [1.29, 1.82) is 0 Å². The number of alkyl halides is 3. The molecule has 0 aliphatic heterocycles. The molecule has 0 saturated carbocycles. The van der Waals surface area contributed by atoms with E-state index in [0.717, 1.165) is 6.54 Å². The fourth-order valence-corrected chi connectivity index (χ4v) is 2.19. The number of anilines is 1. The summed E-state index contributed by atoms with van der Waals surface area (Å²) in [5, 5.41) is 5.76. The van der Waals surface area contributed by atoms with Crippen LogP contribution in [0.15, 0.2) is 29.2 Å². The molecule has 1 rings (SSSR count). The number of carbonyl (C=O) groups is 1. The number of amides is 1. The predicted octanol–water partition coefficient (Wildman–Crippen LogP) is 3.63. The third-order valence-electron chi connectivity index (χ3n) is 2.42. The van der Waals surface area contributed by atoms with Gasteiger partial charge in [0.1, 0.15) is 0 Å². The molecule has 7 heteroatoms. The second kappa shape index (κ2) is 7.54. The Kier molecular flexibility index (Phi) is 6.35. The topological polar surface area (TPSA) is 41.1 Å². The summed E-state index contributed by atoms with van der Waals surface area (Å²) in [5.41, 5.74) is -3.81. The van der Waals surface area contributed by atoms with Crippen LogP contribution in [0.1, 0.15) is 20.3 Å². The Morgan fingerprint density at radius 1 is 1.30 bits per heavy atom. The summed E-state index contributed by atoms with van der Waals surface area (Å²) < 4.78 is 36.5. The lowest BCUT2D eigenvalue weighted by atomic mass is 10.2. The van der Waals surface area contributed by atoms with Crippen molar-refractivity contribution >= 4 is 23.4 Å². The first kappa shape index (κ1) is 16.8. The van der Waals surface area contributed by atoms with Gasteiger partial charge >= 0.3 is 5.51 Å². The van der Waals surface area contributed by atoms with E-state index < -0.39 is 5.51 Å². The molecular weight excluding hydrogens is 289 g/mol. The van der Waals surface area contributed by atoms with Crippen LogP contribution >= 0.6 is 11.8 Å². The first-order valence-corrected chi connectivity index (χ1v) is 7.01. The van der Waals surface area contributed by atoms with Crippen molar-refractivity contribution in [3.05, 3.63) is 24.3 Å². The van der Waals surface area contributed by atoms with E-state index in [9.17, 15) is 18.0 Å². The number of thioether (sulfide) groups is 1. The molecule has 1 aromatic carbocycles. The Hall–Kier alpha value is -1.21. The first-order chi connectivity index (χ1) is 9.30. The molecule has 0 heterocycles. The zero-order chi connectivity index (χ0) is 15.2. The van der Waals surface area contributed by atoms with E-state index in [1.165, 1.54) is 24.3 Å². The molecule has 1 unspecified atom stereocenters. The SMILES string of the molecule is CCNC(C)CC(=O)Nc1ccc(SC(F)(F)F)cc1. The number of halogens is 3. The summed E-state index contributed by atoms with van der Waals surface area (Å²) in [5.74, 6) is -0.172. The third-order valence-corrected chi connectivity index (χ3v) is 3.16. The maximum absolute atomic E-state index is 12.2. The minimum atomic E-state index is -4.30. The van der Waals surface area contributed by atoms with Gasteiger partial charge in [-0.05, 0) is 49.5 Å². The highest BCUT2D eigenvalue weighted by Gasteiger charge is 2.29. The summed E-state index contributed by atoms with van der Waals surface area (Å²) in [7, 11) is 0. The van der Waals surface area contributed by atoms with Gasteiger partial charge in [-0.15, -0.1) is 0 Å². The number of benzene rings is 1. The number of rotatable bonds is 6. The molecule has 1 atom stereocenters. The van der Waals surface area contributed by atoms with Crippen LogP contribution in [0.4, 0.5) is 18.9 Å². The molecule has 0 aliphatic rings. The van der Waals surface area contributed by atoms with E-state index in [1.54, 1.807) is 0 Å². The van der Waals surface area contributed by atoms with Crippen LogP contribution in [0.5, 0.6) is 0 Å². The van der Waals surface area contributed by atoms with Crippen molar-refractivity contribution in [2.45, 2.75) is 36.7 Å². The average Bonchev–Trinajstić information content (AvgIpc) is 2.30. The summed E-state index contributed by atoms with van der Waals surface area (Å²) in [6, 6.07) is 5.65. The second-order valence-electron chi connectivity index (χ2n) is 4.28. The van der Waals surface area contributed by atoms with Gasteiger partial charge in [0.25, 0.3) is 0 Å². The van der Waals surface area contributed by atoms with Crippen LogP contribution in [0, 0.1) is 0 Å². The Morgan fingerprint density at radius 2 is 1.90 bits per heavy atom. The molecule has 2 N–H and O–H groups in total. The van der Waals surface area contributed by atoms with Gasteiger partial charge in [-0.25, -0.2) is 0 Å². The molecule has 0 saturated heterocycles. The van der Waals surface area contributed by atoms with Gasteiger partial charge in [0.2, 0.25) is 5.91 Å². The molecule has 0 aromatic heterocycles. The summed E-state index contributed by atoms with van der Waals surface area (Å²) in [6.07, 6.45) is 0.312. The molecule has 0 bridgehead atoms. The molecule has 0 fully saturated rings. The smallest absolute Gasteiger partial charge is 0.326 e. The van der Waals surface area contributed by atoms with Crippen molar-refractivity contribution in [2.24, 2.45) is 0 Å². The minimum absolute atomic E-state index is 0.0556. The molecule has 0 spiro atoms. The monoisotopic (exact) mass is 306 g/mol. The van der Waals surface area contributed by atoms with Crippen molar-refractivity contribution in [1.82, 2.24) is 5.32 Å². The Labute approximate surface area is 120 Å². The minimum Gasteiger partial charge on any atom is -0.326 e. The van der Waals surface area contributed by atoms with Gasteiger partial charge in [-0.3, -0.25) is 4.79 Å². The molecule has 0 radical (unpaired) electrons. The van der Waals surface area contributed by atoms with Gasteiger partial charge in [0.05, 0.1) is 0 Å². The zero-order valence-electron chi connectivity index (χ0n) is 11.3. The Bertz CT molecular complexity index is 434. The molecular formula is C13H17F3N2OS. The number of nitrogens with one attached hydrogen (secondary N) is 2. The van der Waals surface area contributed by atoms with Crippen LogP contribution in [0.25, 0.3) is 0 Å². The highest BCUT2D eigenvalue weighted by molar-refractivity contribution is 8.00. The van der Waals surface area contributed by atoms with E-state index in [1.807, 2.05) is 13.8 Å². The second-order valence-corrected chi connectivity index (χ2v) is 5.42. The van der Waals surface area contributed by atoms with Gasteiger partial charge in [-0.2, -0.15) is 13.2 Å². The van der Waals surface area contributed by atoms with E-state index >= 15 is 0 Å². The predicted molar refractivity (Wildman–Crippen MR) is 74.7 cm³/mol. The van der Waals surface area contributed by atoms with E-state index in [2.05, 4.69) is 10.6 Å². The fraction of sp³-hybridized carbons (Fsp3) is 0.462. The molecule has 20 heavy (non-hydrogen) atoms. The van der Waals surface area contributed by atoms with Crippen LogP contribution in [-0.2, 0) is 4.79 Å². The quantitative estimate of drug-likeness (QED) is 0.789. The van der Waals surface area contributed by atoms with Crippen molar-refractivity contribution in [3.63, 3.8) is 0 Å². The maximum atomic E-state index is 12.2. The van der Waals surface area contributed by atoms with Gasteiger partial charge in [-0.1, -0.05) is 6.92 Å². The zero-order valence-corrected chi connectivity index (χ0v) is 12.1. The van der Waals surface area contributed by atoms with Crippen LogP contribution in [0.3, 0.4) is 0 Å². The third kappa shape index (κ3) is 6.81. The molecule has 1 aromatic rings. The summed E-state index contributed by atoms with van der Waals surface area (Å²) in [6.45, 7) is 4.62. The Morgan fingerprint density at radius 3 is 2.40 bits per heavy atom. The number of hydrogen-bond acceptors (Lipinski definition) is 3. The van der Waals surface area contributed by atoms with E-state index in [-0.39, 0.29) is 28.6 Å².